The molecule has 0 aliphatic carbocycles. The summed E-state index contributed by atoms with van der Waals surface area (Å²) in [4.78, 5) is 10.7. The number of hydrogen-bond donors (Lipinski definition) is 2. The smallest absolute Gasteiger partial charge is 0.210 e. The number of aromatic amines is 2. The summed E-state index contributed by atoms with van der Waals surface area (Å²) in [5.41, 5.74) is 6.25. The highest BCUT2D eigenvalue weighted by Crippen LogP contribution is 2.41. The first kappa shape index (κ1) is 18.1. The molecule has 148 valence electrons. The third-order valence-electron chi connectivity index (χ3n) is 5.18. The van der Waals surface area contributed by atoms with Crippen LogP contribution in [0.15, 0.2) is 18.2 Å². The van der Waals surface area contributed by atoms with Crippen molar-refractivity contribution in [2.24, 2.45) is 0 Å². The summed E-state index contributed by atoms with van der Waals surface area (Å²) in [5, 5.41) is 15.6. The van der Waals surface area contributed by atoms with E-state index in [-0.39, 0.29) is 0 Å². The van der Waals surface area contributed by atoms with Gasteiger partial charge in [0.25, 0.3) is 0 Å². The van der Waals surface area contributed by atoms with E-state index in [9.17, 15) is 0 Å². The highest BCUT2D eigenvalue weighted by Gasteiger charge is 2.23. The standard InChI is InChI=1S/C21H22N6OS/c1-10(2)19-23-20(27-26-19)21-22-18-14-6-5-13(17-11(3)24-25-12(17)4)9-15(14)28-8-7-16(18)29-21/h5-6,9-10H,7-8H2,1-4H3,(H,24,25)(H,23,26,27). The zero-order valence-corrected chi connectivity index (χ0v) is 17.6. The number of fused-ring (bicyclic) bond motifs is 3. The van der Waals surface area contributed by atoms with E-state index in [1.54, 1.807) is 11.3 Å². The van der Waals surface area contributed by atoms with E-state index in [0.717, 1.165) is 56.8 Å². The summed E-state index contributed by atoms with van der Waals surface area (Å²) in [6.45, 7) is 8.86. The van der Waals surface area contributed by atoms with E-state index < -0.39 is 0 Å². The summed E-state index contributed by atoms with van der Waals surface area (Å²) in [7, 11) is 0. The van der Waals surface area contributed by atoms with E-state index >= 15 is 0 Å². The summed E-state index contributed by atoms with van der Waals surface area (Å²) >= 11 is 1.65. The number of thiazole rings is 1. The van der Waals surface area contributed by atoms with Gasteiger partial charge in [-0.1, -0.05) is 19.9 Å². The van der Waals surface area contributed by atoms with Crippen LogP contribution < -0.4 is 4.74 Å². The fourth-order valence-corrected chi connectivity index (χ4v) is 4.67. The Labute approximate surface area is 172 Å². The second-order valence-electron chi connectivity index (χ2n) is 7.61. The molecule has 0 saturated carbocycles. The van der Waals surface area contributed by atoms with Crippen LogP contribution in [-0.4, -0.2) is 37.0 Å². The lowest BCUT2D eigenvalue weighted by atomic mass is 10.00. The number of aromatic nitrogens is 6. The van der Waals surface area contributed by atoms with Crippen molar-refractivity contribution in [2.75, 3.05) is 6.61 Å². The summed E-state index contributed by atoms with van der Waals surface area (Å²) in [6.07, 6.45) is 0.822. The molecule has 1 aliphatic heterocycles. The Hall–Kier alpha value is -3.00. The minimum atomic E-state index is 0.302. The zero-order valence-electron chi connectivity index (χ0n) is 16.8. The molecule has 0 unspecified atom stereocenters. The van der Waals surface area contributed by atoms with Gasteiger partial charge in [0.1, 0.15) is 11.6 Å². The number of hydrogen-bond acceptors (Lipinski definition) is 6. The number of ether oxygens (including phenoxy) is 1. The maximum absolute atomic E-state index is 6.09. The lowest BCUT2D eigenvalue weighted by Gasteiger charge is -2.10. The quantitative estimate of drug-likeness (QED) is 0.516. The van der Waals surface area contributed by atoms with Crippen molar-refractivity contribution in [1.82, 2.24) is 30.4 Å². The van der Waals surface area contributed by atoms with Crippen molar-refractivity contribution in [2.45, 2.75) is 40.0 Å². The first-order valence-corrected chi connectivity index (χ1v) is 10.5. The lowest BCUT2D eigenvalue weighted by Crippen LogP contribution is -1.98. The van der Waals surface area contributed by atoms with E-state index in [2.05, 4.69) is 57.4 Å². The predicted molar refractivity (Wildman–Crippen MR) is 113 cm³/mol. The molecular formula is C21H22N6OS. The molecule has 0 spiro atoms. The molecule has 4 aromatic rings. The average molecular weight is 407 g/mol. The molecule has 0 amide bonds. The molecule has 5 rings (SSSR count). The second kappa shape index (κ2) is 6.81. The molecule has 0 atom stereocenters. The fraction of sp³-hybridized carbons (Fsp3) is 0.333. The molecule has 0 fully saturated rings. The third-order valence-corrected chi connectivity index (χ3v) is 6.29. The minimum Gasteiger partial charge on any atom is -0.492 e. The third kappa shape index (κ3) is 3.04. The number of benzene rings is 1. The van der Waals surface area contributed by atoms with Crippen molar-refractivity contribution < 1.29 is 4.74 Å². The molecule has 3 aromatic heterocycles. The van der Waals surface area contributed by atoms with Gasteiger partial charge in [-0.25, -0.2) is 9.97 Å². The van der Waals surface area contributed by atoms with Crippen LogP contribution in [0.4, 0.5) is 0 Å². The van der Waals surface area contributed by atoms with Gasteiger partial charge in [-0.3, -0.25) is 10.2 Å². The molecule has 2 N–H and O–H groups in total. The van der Waals surface area contributed by atoms with E-state index in [0.29, 0.717) is 18.3 Å². The number of H-pyrrole nitrogens is 2. The van der Waals surface area contributed by atoms with Gasteiger partial charge in [0.2, 0.25) is 5.82 Å². The zero-order chi connectivity index (χ0) is 20.1. The van der Waals surface area contributed by atoms with Crippen LogP contribution in [0.25, 0.3) is 33.2 Å². The second-order valence-corrected chi connectivity index (χ2v) is 8.69. The van der Waals surface area contributed by atoms with Gasteiger partial charge in [-0.15, -0.1) is 11.3 Å². The molecule has 7 nitrogen and oxygen atoms in total. The Balaban J connectivity index is 1.58. The van der Waals surface area contributed by atoms with Crippen molar-refractivity contribution >= 4 is 11.3 Å². The van der Waals surface area contributed by atoms with Crippen molar-refractivity contribution in [3.63, 3.8) is 0 Å². The molecule has 1 aromatic carbocycles. The summed E-state index contributed by atoms with van der Waals surface area (Å²) in [5.74, 6) is 2.70. The highest BCUT2D eigenvalue weighted by molar-refractivity contribution is 7.15. The maximum atomic E-state index is 6.09. The fourth-order valence-electron chi connectivity index (χ4n) is 3.68. The molecule has 8 heteroatoms. The number of aryl methyl sites for hydroxylation is 2. The van der Waals surface area contributed by atoms with E-state index in [1.165, 1.54) is 4.88 Å². The molecule has 29 heavy (non-hydrogen) atoms. The predicted octanol–water partition coefficient (Wildman–Crippen LogP) is 4.66. The lowest BCUT2D eigenvalue weighted by molar-refractivity contribution is 0.327. The van der Waals surface area contributed by atoms with Crippen LogP contribution in [0.2, 0.25) is 0 Å². The SMILES string of the molecule is Cc1n[nH]c(C)c1-c1ccc2c(c1)OCCc1sc(-c3n[nH]c(C(C)C)n3)nc1-2. The molecule has 4 heterocycles. The van der Waals surface area contributed by atoms with Crippen LogP contribution in [0.5, 0.6) is 5.75 Å². The molecular weight excluding hydrogens is 384 g/mol. The average Bonchev–Trinajstić information content (AvgIpc) is 3.39. The largest absolute Gasteiger partial charge is 0.492 e. The topological polar surface area (TPSA) is 92.4 Å². The van der Waals surface area contributed by atoms with Crippen LogP contribution >= 0.6 is 11.3 Å². The molecule has 1 aliphatic rings. The van der Waals surface area contributed by atoms with Gasteiger partial charge in [-0.2, -0.15) is 10.2 Å². The number of nitrogens with zero attached hydrogens (tertiary/aromatic N) is 4. The molecule has 0 saturated heterocycles. The Morgan fingerprint density at radius 3 is 2.69 bits per heavy atom. The first-order valence-electron chi connectivity index (χ1n) is 9.72. The van der Waals surface area contributed by atoms with E-state index in [4.69, 9.17) is 9.72 Å². The maximum Gasteiger partial charge on any atom is 0.210 e. The van der Waals surface area contributed by atoms with Crippen molar-refractivity contribution in [3.05, 3.63) is 40.3 Å². The van der Waals surface area contributed by atoms with Crippen LogP contribution in [0.3, 0.4) is 0 Å². The van der Waals surface area contributed by atoms with Crippen LogP contribution in [-0.2, 0) is 6.42 Å². The van der Waals surface area contributed by atoms with Gasteiger partial charge in [0.05, 0.1) is 18.0 Å². The van der Waals surface area contributed by atoms with Gasteiger partial charge in [-0.05, 0) is 31.5 Å². The van der Waals surface area contributed by atoms with Crippen molar-refractivity contribution in [1.29, 1.82) is 0 Å². The Morgan fingerprint density at radius 1 is 1.10 bits per heavy atom. The van der Waals surface area contributed by atoms with Gasteiger partial charge >= 0.3 is 0 Å². The monoisotopic (exact) mass is 406 g/mol. The van der Waals surface area contributed by atoms with Crippen LogP contribution in [0, 0.1) is 13.8 Å². The molecule has 0 radical (unpaired) electrons. The van der Waals surface area contributed by atoms with Gasteiger partial charge in [0, 0.05) is 34.0 Å². The summed E-state index contributed by atoms with van der Waals surface area (Å²) in [6, 6.07) is 6.31. The Kier molecular flexibility index (Phi) is 4.24. The Bertz CT molecular complexity index is 1180. The van der Waals surface area contributed by atoms with Crippen LogP contribution in [0.1, 0.15) is 41.9 Å². The van der Waals surface area contributed by atoms with Crippen molar-refractivity contribution in [3.8, 4) is 39.0 Å². The van der Waals surface area contributed by atoms with E-state index in [1.807, 2.05) is 13.8 Å². The first-order chi connectivity index (χ1) is 14.0. The molecule has 0 bridgehead atoms. The highest BCUT2D eigenvalue weighted by atomic mass is 32.1. The normalized spacial score (nSPS) is 13.1. The van der Waals surface area contributed by atoms with Gasteiger partial charge in [0.15, 0.2) is 5.01 Å². The Morgan fingerprint density at radius 2 is 1.97 bits per heavy atom. The number of rotatable bonds is 3. The number of nitrogens with one attached hydrogen (secondary N) is 2. The van der Waals surface area contributed by atoms with Gasteiger partial charge < -0.3 is 4.74 Å². The summed E-state index contributed by atoms with van der Waals surface area (Å²) < 4.78 is 6.09. The minimum absolute atomic E-state index is 0.302.